The molecule has 0 aliphatic heterocycles. The molecule has 1 N–H and O–H groups in total. The van der Waals surface area contributed by atoms with Crippen LogP contribution in [-0.4, -0.2) is 19.2 Å². The number of amides is 1. The molecule has 0 saturated carbocycles. The minimum absolute atomic E-state index is 0.0359. The molecule has 0 aromatic carbocycles. The van der Waals surface area contributed by atoms with Gasteiger partial charge in [0.25, 0.3) is 0 Å². The largest absolute Gasteiger partial charge is 0.361 e. The van der Waals surface area contributed by atoms with Crippen molar-refractivity contribution < 1.29 is 9.53 Å². The van der Waals surface area contributed by atoms with Crippen molar-refractivity contribution in [1.29, 1.82) is 0 Å². The summed E-state index contributed by atoms with van der Waals surface area (Å²) in [5.41, 5.74) is 0. The molecule has 0 aromatic heterocycles. The van der Waals surface area contributed by atoms with Crippen molar-refractivity contribution in [3.63, 3.8) is 0 Å². The molecule has 0 spiro atoms. The number of carbonyl (C=O) groups excluding carboxylic acids is 1. The van der Waals surface area contributed by atoms with Crippen LogP contribution in [0, 0.1) is 5.92 Å². The number of carbonyl (C=O) groups is 1. The van der Waals surface area contributed by atoms with Crippen LogP contribution in [0.1, 0.15) is 27.2 Å². The van der Waals surface area contributed by atoms with Gasteiger partial charge in [0.2, 0.25) is 5.91 Å². The first-order chi connectivity index (χ1) is 5.16. The molecule has 0 aliphatic carbocycles. The SMILES string of the molecule is CCC(=O)NCOCC(C)C. The Kier molecular flexibility index (Phi) is 5.84. The Balaban J connectivity index is 3.08. The summed E-state index contributed by atoms with van der Waals surface area (Å²) < 4.78 is 5.14. The Hall–Kier alpha value is -0.570. The summed E-state index contributed by atoms with van der Waals surface area (Å²) in [5, 5.41) is 2.63. The lowest BCUT2D eigenvalue weighted by atomic mass is 10.2. The van der Waals surface area contributed by atoms with Crippen LogP contribution < -0.4 is 5.32 Å². The van der Waals surface area contributed by atoms with E-state index in [1.807, 2.05) is 6.92 Å². The molecule has 0 fully saturated rings. The molecule has 0 aromatic rings. The second kappa shape index (κ2) is 6.16. The first kappa shape index (κ1) is 10.4. The number of ether oxygens (including phenoxy) is 1. The highest BCUT2D eigenvalue weighted by atomic mass is 16.5. The van der Waals surface area contributed by atoms with Gasteiger partial charge in [0, 0.05) is 6.42 Å². The van der Waals surface area contributed by atoms with Gasteiger partial charge in [-0.2, -0.15) is 0 Å². The summed E-state index contributed by atoms with van der Waals surface area (Å²) in [7, 11) is 0. The summed E-state index contributed by atoms with van der Waals surface area (Å²) in [6, 6.07) is 0. The van der Waals surface area contributed by atoms with Gasteiger partial charge in [-0.25, -0.2) is 0 Å². The van der Waals surface area contributed by atoms with Crippen molar-refractivity contribution in [3.8, 4) is 0 Å². The van der Waals surface area contributed by atoms with E-state index in [-0.39, 0.29) is 5.91 Å². The molecule has 0 aliphatic rings. The summed E-state index contributed by atoms with van der Waals surface area (Å²) >= 11 is 0. The van der Waals surface area contributed by atoms with E-state index in [0.29, 0.717) is 25.7 Å². The first-order valence-corrected chi connectivity index (χ1v) is 4.01. The molecule has 0 atom stereocenters. The number of rotatable bonds is 5. The fraction of sp³-hybridized carbons (Fsp3) is 0.875. The third-order valence-corrected chi connectivity index (χ3v) is 1.14. The van der Waals surface area contributed by atoms with Crippen molar-refractivity contribution >= 4 is 5.91 Å². The van der Waals surface area contributed by atoms with Crippen LogP contribution in [0.3, 0.4) is 0 Å². The summed E-state index contributed by atoms with van der Waals surface area (Å²) in [4.78, 5) is 10.7. The minimum atomic E-state index is 0.0359. The first-order valence-electron chi connectivity index (χ1n) is 4.01. The molecular formula is C8H17NO2. The van der Waals surface area contributed by atoms with Gasteiger partial charge in [0.1, 0.15) is 6.73 Å². The average molecular weight is 159 g/mol. The molecule has 0 rings (SSSR count). The zero-order valence-electron chi connectivity index (χ0n) is 7.52. The average Bonchev–Trinajstić information content (AvgIpc) is 1.97. The Labute approximate surface area is 68.1 Å². The summed E-state index contributed by atoms with van der Waals surface area (Å²) in [6.45, 7) is 7.00. The van der Waals surface area contributed by atoms with Gasteiger partial charge in [-0.1, -0.05) is 20.8 Å². The van der Waals surface area contributed by atoms with Crippen LogP contribution >= 0.6 is 0 Å². The smallest absolute Gasteiger partial charge is 0.221 e. The molecule has 3 nitrogen and oxygen atoms in total. The molecule has 66 valence electrons. The number of hydrogen-bond acceptors (Lipinski definition) is 2. The zero-order valence-corrected chi connectivity index (χ0v) is 7.52. The van der Waals surface area contributed by atoms with Crippen LogP contribution in [0.25, 0.3) is 0 Å². The molecule has 1 amide bonds. The third kappa shape index (κ3) is 7.33. The second-order valence-electron chi connectivity index (χ2n) is 2.86. The lowest BCUT2D eigenvalue weighted by molar-refractivity contribution is -0.122. The quantitative estimate of drug-likeness (QED) is 0.482. The molecular weight excluding hydrogens is 142 g/mol. The highest BCUT2D eigenvalue weighted by Gasteiger charge is 1.95. The van der Waals surface area contributed by atoms with E-state index in [1.54, 1.807) is 0 Å². The molecule has 0 unspecified atom stereocenters. The highest BCUT2D eigenvalue weighted by Crippen LogP contribution is 1.90. The maximum Gasteiger partial charge on any atom is 0.221 e. The van der Waals surface area contributed by atoms with E-state index >= 15 is 0 Å². The van der Waals surface area contributed by atoms with E-state index in [0.717, 1.165) is 0 Å². The van der Waals surface area contributed by atoms with E-state index in [9.17, 15) is 4.79 Å². The number of nitrogens with one attached hydrogen (secondary N) is 1. The van der Waals surface area contributed by atoms with Crippen molar-refractivity contribution in [3.05, 3.63) is 0 Å². The summed E-state index contributed by atoms with van der Waals surface area (Å²) in [6.07, 6.45) is 0.519. The standard InChI is InChI=1S/C8H17NO2/c1-4-8(10)9-6-11-5-7(2)3/h7H,4-6H2,1-3H3,(H,9,10). The number of hydrogen-bond donors (Lipinski definition) is 1. The van der Waals surface area contributed by atoms with Crippen molar-refractivity contribution in [2.24, 2.45) is 5.92 Å². The third-order valence-electron chi connectivity index (χ3n) is 1.14. The Morgan fingerprint density at radius 3 is 2.64 bits per heavy atom. The molecule has 0 saturated heterocycles. The van der Waals surface area contributed by atoms with Gasteiger partial charge in [-0.05, 0) is 5.92 Å². The zero-order chi connectivity index (χ0) is 8.69. The molecule has 0 bridgehead atoms. The van der Waals surface area contributed by atoms with E-state index in [1.165, 1.54) is 0 Å². The van der Waals surface area contributed by atoms with Crippen molar-refractivity contribution in [2.45, 2.75) is 27.2 Å². The summed E-state index contributed by atoms with van der Waals surface area (Å²) in [5.74, 6) is 0.558. The second-order valence-corrected chi connectivity index (χ2v) is 2.86. The Bertz CT molecular complexity index is 113. The Morgan fingerprint density at radius 1 is 1.55 bits per heavy atom. The van der Waals surface area contributed by atoms with Crippen molar-refractivity contribution in [2.75, 3.05) is 13.3 Å². The fourth-order valence-corrected chi connectivity index (χ4v) is 0.551. The minimum Gasteiger partial charge on any atom is -0.361 e. The maximum absolute atomic E-state index is 10.7. The van der Waals surface area contributed by atoms with Gasteiger partial charge in [0.05, 0.1) is 6.61 Å². The Morgan fingerprint density at radius 2 is 2.18 bits per heavy atom. The predicted octanol–water partition coefficient (Wildman–Crippen LogP) is 1.14. The van der Waals surface area contributed by atoms with E-state index in [2.05, 4.69) is 19.2 Å². The van der Waals surface area contributed by atoms with Gasteiger partial charge in [-0.15, -0.1) is 0 Å². The fourth-order valence-electron chi connectivity index (χ4n) is 0.551. The maximum atomic E-state index is 10.7. The van der Waals surface area contributed by atoms with Crippen LogP contribution in [0.4, 0.5) is 0 Å². The van der Waals surface area contributed by atoms with Crippen LogP contribution in [0.15, 0.2) is 0 Å². The molecule has 11 heavy (non-hydrogen) atoms. The normalized spacial score (nSPS) is 10.2. The van der Waals surface area contributed by atoms with Crippen LogP contribution in [0.2, 0.25) is 0 Å². The van der Waals surface area contributed by atoms with Crippen LogP contribution in [-0.2, 0) is 9.53 Å². The van der Waals surface area contributed by atoms with Crippen molar-refractivity contribution in [1.82, 2.24) is 5.32 Å². The lowest BCUT2D eigenvalue weighted by Crippen LogP contribution is -2.25. The van der Waals surface area contributed by atoms with Gasteiger partial charge in [-0.3, -0.25) is 4.79 Å². The molecule has 0 radical (unpaired) electrons. The predicted molar refractivity (Wildman–Crippen MR) is 44.1 cm³/mol. The van der Waals surface area contributed by atoms with E-state index < -0.39 is 0 Å². The van der Waals surface area contributed by atoms with E-state index in [4.69, 9.17) is 4.74 Å². The monoisotopic (exact) mass is 159 g/mol. The topological polar surface area (TPSA) is 38.3 Å². The highest BCUT2D eigenvalue weighted by molar-refractivity contribution is 5.75. The van der Waals surface area contributed by atoms with Gasteiger partial charge in [0.15, 0.2) is 0 Å². The molecule has 0 heterocycles. The lowest BCUT2D eigenvalue weighted by Gasteiger charge is -2.06. The van der Waals surface area contributed by atoms with Gasteiger partial charge >= 0.3 is 0 Å². The molecule has 3 heteroatoms. The van der Waals surface area contributed by atoms with Crippen LogP contribution in [0.5, 0.6) is 0 Å². The van der Waals surface area contributed by atoms with Gasteiger partial charge < -0.3 is 10.1 Å².